The molecule has 0 atom stereocenters. The monoisotopic (exact) mass is 321 g/mol. The molecule has 2 aromatic rings. The predicted molar refractivity (Wildman–Crippen MR) is 78.3 cm³/mol. The minimum atomic E-state index is -0.992. The summed E-state index contributed by atoms with van der Waals surface area (Å²) in [4.78, 5) is 23.3. The van der Waals surface area contributed by atoms with Gasteiger partial charge in [0.1, 0.15) is 17.4 Å². The summed E-state index contributed by atoms with van der Waals surface area (Å²) in [6.45, 7) is -0.580. The molecule has 0 bridgehead atoms. The van der Waals surface area contributed by atoms with Crippen molar-refractivity contribution in [2.24, 2.45) is 0 Å². The number of ether oxygens (including phenoxy) is 2. The van der Waals surface area contributed by atoms with Crippen molar-refractivity contribution in [2.75, 3.05) is 19.0 Å². The number of nitrogens with one attached hydrogen (secondary N) is 1. The topological polar surface area (TPSA) is 64.6 Å². The van der Waals surface area contributed by atoms with Crippen LogP contribution in [0.2, 0.25) is 0 Å². The van der Waals surface area contributed by atoms with E-state index in [4.69, 9.17) is 9.47 Å². The molecule has 7 heteroatoms. The van der Waals surface area contributed by atoms with Crippen molar-refractivity contribution in [3.63, 3.8) is 0 Å². The third kappa shape index (κ3) is 4.77. The van der Waals surface area contributed by atoms with E-state index >= 15 is 0 Å². The van der Waals surface area contributed by atoms with Gasteiger partial charge in [0.15, 0.2) is 6.61 Å². The zero-order chi connectivity index (χ0) is 16.8. The molecule has 0 unspecified atom stereocenters. The number of carbonyl (C=O) groups is 2. The van der Waals surface area contributed by atoms with Crippen LogP contribution >= 0.6 is 0 Å². The van der Waals surface area contributed by atoms with Crippen LogP contribution in [0.1, 0.15) is 10.4 Å². The third-order valence-corrected chi connectivity index (χ3v) is 2.81. The molecule has 23 heavy (non-hydrogen) atoms. The number of benzene rings is 2. The number of methoxy groups -OCH3 is 1. The van der Waals surface area contributed by atoms with E-state index in [0.29, 0.717) is 17.5 Å². The van der Waals surface area contributed by atoms with Gasteiger partial charge in [-0.25, -0.2) is 13.6 Å². The number of anilines is 1. The Hall–Kier alpha value is -2.96. The van der Waals surface area contributed by atoms with E-state index in [0.717, 1.165) is 12.1 Å². The second-order valence-corrected chi connectivity index (χ2v) is 4.51. The lowest BCUT2D eigenvalue weighted by molar-refractivity contribution is -0.119. The average Bonchev–Trinajstić information content (AvgIpc) is 2.52. The van der Waals surface area contributed by atoms with Gasteiger partial charge >= 0.3 is 5.97 Å². The first-order chi connectivity index (χ1) is 11.0. The van der Waals surface area contributed by atoms with Gasteiger partial charge in [0, 0.05) is 11.8 Å². The summed E-state index contributed by atoms with van der Waals surface area (Å²) in [5, 5.41) is 2.50. The fraction of sp³-hybridized carbons (Fsp3) is 0.125. The summed E-state index contributed by atoms with van der Waals surface area (Å²) in [5.74, 6) is -2.75. The number of rotatable bonds is 5. The molecule has 0 aliphatic carbocycles. The SMILES string of the molecule is COc1ccc(NC(=O)COC(=O)c2cc(F)cc(F)c2)cc1. The fourth-order valence-corrected chi connectivity index (χ4v) is 1.76. The lowest BCUT2D eigenvalue weighted by atomic mass is 10.2. The van der Waals surface area contributed by atoms with Crippen molar-refractivity contribution in [3.8, 4) is 5.75 Å². The molecule has 2 aromatic carbocycles. The third-order valence-electron chi connectivity index (χ3n) is 2.81. The van der Waals surface area contributed by atoms with Gasteiger partial charge in [0.25, 0.3) is 5.91 Å². The van der Waals surface area contributed by atoms with E-state index < -0.39 is 30.1 Å². The molecule has 0 radical (unpaired) electrons. The van der Waals surface area contributed by atoms with Crippen LogP contribution in [0.5, 0.6) is 5.75 Å². The summed E-state index contributed by atoms with van der Waals surface area (Å²) < 4.78 is 35.7. The lowest BCUT2D eigenvalue weighted by Gasteiger charge is -2.07. The van der Waals surface area contributed by atoms with Crippen LogP contribution < -0.4 is 10.1 Å². The number of hydrogen-bond donors (Lipinski definition) is 1. The number of carbonyl (C=O) groups excluding carboxylic acids is 2. The zero-order valence-corrected chi connectivity index (χ0v) is 12.1. The summed E-state index contributed by atoms with van der Waals surface area (Å²) in [7, 11) is 1.52. The van der Waals surface area contributed by atoms with Crippen LogP contribution in [-0.4, -0.2) is 25.6 Å². The first-order valence-electron chi connectivity index (χ1n) is 6.55. The zero-order valence-electron chi connectivity index (χ0n) is 12.1. The molecule has 0 fully saturated rings. The maximum Gasteiger partial charge on any atom is 0.338 e. The van der Waals surface area contributed by atoms with E-state index in [1.54, 1.807) is 24.3 Å². The molecule has 0 spiro atoms. The highest BCUT2D eigenvalue weighted by atomic mass is 19.1. The van der Waals surface area contributed by atoms with Crippen molar-refractivity contribution < 1.29 is 27.8 Å². The first-order valence-corrected chi connectivity index (χ1v) is 6.55. The molecule has 0 aliphatic rings. The molecule has 2 rings (SSSR count). The van der Waals surface area contributed by atoms with Gasteiger partial charge in [0.2, 0.25) is 0 Å². The van der Waals surface area contributed by atoms with Gasteiger partial charge in [-0.05, 0) is 36.4 Å². The standard InChI is InChI=1S/C16H13F2NO4/c1-22-14-4-2-13(3-5-14)19-15(20)9-23-16(21)10-6-11(17)8-12(18)7-10/h2-8H,9H2,1H3,(H,19,20). The van der Waals surface area contributed by atoms with Gasteiger partial charge in [-0.2, -0.15) is 0 Å². The van der Waals surface area contributed by atoms with Crippen LogP contribution in [0.25, 0.3) is 0 Å². The summed E-state index contributed by atoms with van der Waals surface area (Å²) in [6.07, 6.45) is 0. The molecule has 0 saturated heterocycles. The number of esters is 1. The summed E-state index contributed by atoms with van der Waals surface area (Å²) in [6, 6.07) is 8.81. The Balaban J connectivity index is 1.89. The molecule has 120 valence electrons. The van der Waals surface area contributed by atoms with Gasteiger partial charge in [-0.15, -0.1) is 0 Å². The van der Waals surface area contributed by atoms with E-state index in [1.165, 1.54) is 7.11 Å². The Labute approximate surface area is 130 Å². The van der Waals surface area contributed by atoms with Crippen molar-refractivity contribution in [1.82, 2.24) is 0 Å². The Bertz CT molecular complexity index is 696. The minimum Gasteiger partial charge on any atom is -0.497 e. The molecule has 0 aromatic heterocycles. The molecule has 0 aliphatic heterocycles. The largest absolute Gasteiger partial charge is 0.497 e. The van der Waals surface area contributed by atoms with Crippen LogP contribution in [0.3, 0.4) is 0 Å². The predicted octanol–water partition coefficient (Wildman–Crippen LogP) is 2.77. The lowest BCUT2D eigenvalue weighted by Crippen LogP contribution is -2.21. The van der Waals surface area contributed by atoms with Gasteiger partial charge in [0.05, 0.1) is 12.7 Å². The maximum atomic E-state index is 13.0. The van der Waals surface area contributed by atoms with E-state index in [-0.39, 0.29) is 5.56 Å². The Kier molecular flexibility index (Phi) is 5.24. The Morgan fingerprint density at radius 1 is 1.04 bits per heavy atom. The van der Waals surface area contributed by atoms with Crippen molar-refractivity contribution in [1.29, 1.82) is 0 Å². The van der Waals surface area contributed by atoms with E-state index in [1.807, 2.05) is 0 Å². The normalized spacial score (nSPS) is 10.0. The van der Waals surface area contributed by atoms with Gasteiger partial charge in [-0.1, -0.05) is 0 Å². The van der Waals surface area contributed by atoms with Crippen LogP contribution in [0, 0.1) is 11.6 Å². The highest BCUT2D eigenvalue weighted by molar-refractivity contribution is 5.95. The Morgan fingerprint density at radius 2 is 1.65 bits per heavy atom. The van der Waals surface area contributed by atoms with Crippen LogP contribution in [-0.2, 0) is 9.53 Å². The van der Waals surface area contributed by atoms with Crippen molar-refractivity contribution in [3.05, 3.63) is 59.7 Å². The number of hydrogen-bond acceptors (Lipinski definition) is 4. The molecule has 0 saturated carbocycles. The van der Waals surface area contributed by atoms with Crippen LogP contribution in [0.4, 0.5) is 14.5 Å². The molecule has 1 N–H and O–H groups in total. The van der Waals surface area contributed by atoms with E-state index in [2.05, 4.69) is 5.32 Å². The molecule has 1 amide bonds. The first kappa shape index (κ1) is 16.4. The number of amides is 1. The van der Waals surface area contributed by atoms with Gasteiger partial charge < -0.3 is 14.8 Å². The second kappa shape index (κ2) is 7.35. The highest BCUT2D eigenvalue weighted by Gasteiger charge is 2.13. The minimum absolute atomic E-state index is 0.306. The van der Waals surface area contributed by atoms with Crippen LogP contribution in [0.15, 0.2) is 42.5 Å². The smallest absolute Gasteiger partial charge is 0.338 e. The van der Waals surface area contributed by atoms with Gasteiger partial charge in [-0.3, -0.25) is 4.79 Å². The second-order valence-electron chi connectivity index (χ2n) is 4.51. The van der Waals surface area contributed by atoms with Crippen molar-refractivity contribution in [2.45, 2.75) is 0 Å². The summed E-state index contributed by atoms with van der Waals surface area (Å²) >= 11 is 0. The maximum absolute atomic E-state index is 13.0. The number of halogens is 2. The molecular formula is C16H13F2NO4. The molecule has 0 heterocycles. The quantitative estimate of drug-likeness (QED) is 0.860. The molecular weight excluding hydrogens is 308 g/mol. The Morgan fingerprint density at radius 3 is 2.22 bits per heavy atom. The highest BCUT2D eigenvalue weighted by Crippen LogP contribution is 2.15. The van der Waals surface area contributed by atoms with Crippen molar-refractivity contribution >= 4 is 17.6 Å². The van der Waals surface area contributed by atoms with E-state index in [9.17, 15) is 18.4 Å². The molecule has 5 nitrogen and oxygen atoms in total. The fourth-order valence-electron chi connectivity index (χ4n) is 1.76. The summed E-state index contributed by atoms with van der Waals surface area (Å²) in [5.41, 5.74) is 0.184. The average molecular weight is 321 g/mol.